The normalized spacial score (nSPS) is 22.8. The molecule has 0 saturated carbocycles. The van der Waals surface area contributed by atoms with E-state index in [0.29, 0.717) is 12.5 Å². The maximum Gasteiger partial charge on any atom is 0.241 e. The van der Waals surface area contributed by atoms with Crippen LogP contribution in [-0.2, 0) is 4.79 Å². The van der Waals surface area contributed by atoms with Crippen molar-refractivity contribution in [2.45, 2.75) is 32.7 Å². The monoisotopic (exact) mass is 262 g/mol. The van der Waals surface area contributed by atoms with Gasteiger partial charge in [0.1, 0.15) is 5.75 Å². The molecule has 1 aliphatic heterocycles. The van der Waals surface area contributed by atoms with E-state index in [-0.39, 0.29) is 11.9 Å². The van der Waals surface area contributed by atoms with E-state index in [1.807, 2.05) is 31.2 Å². The van der Waals surface area contributed by atoms with Gasteiger partial charge in [-0.25, -0.2) is 0 Å². The van der Waals surface area contributed by atoms with Gasteiger partial charge >= 0.3 is 0 Å². The molecular weight excluding hydrogens is 240 g/mol. The van der Waals surface area contributed by atoms with Crippen LogP contribution in [-0.4, -0.2) is 25.1 Å². The smallest absolute Gasteiger partial charge is 0.241 e. The maximum atomic E-state index is 12.2. The van der Waals surface area contributed by atoms with Crippen molar-refractivity contribution in [2.24, 2.45) is 5.92 Å². The summed E-state index contributed by atoms with van der Waals surface area (Å²) in [5.41, 5.74) is 0.813. The Morgan fingerprint density at radius 2 is 2.16 bits per heavy atom. The summed E-state index contributed by atoms with van der Waals surface area (Å²) in [5.74, 6) is 1.26. The molecule has 0 bridgehead atoms. The first-order valence-electron chi connectivity index (χ1n) is 6.98. The molecule has 4 heteroatoms. The van der Waals surface area contributed by atoms with Gasteiger partial charge in [0.25, 0.3) is 0 Å². The lowest BCUT2D eigenvalue weighted by atomic mass is 9.92. The van der Waals surface area contributed by atoms with Crippen LogP contribution >= 0.6 is 0 Å². The van der Waals surface area contributed by atoms with Crippen LogP contribution in [0.3, 0.4) is 0 Å². The van der Waals surface area contributed by atoms with Gasteiger partial charge in [-0.15, -0.1) is 0 Å². The predicted molar refractivity (Wildman–Crippen MR) is 76.4 cm³/mol. The molecule has 2 unspecified atom stereocenters. The summed E-state index contributed by atoms with van der Waals surface area (Å²) in [7, 11) is 0. The molecule has 1 aromatic carbocycles. The highest BCUT2D eigenvalue weighted by molar-refractivity contribution is 5.95. The Labute approximate surface area is 114 Å². The molecule has 1 heterocycles. The van der Waals surface area contributed by atoms with E-state index in [1.54, 1.807) is 0 Å². The molecule has 1 aromatic rings. The molecule has 19 heavy (non-hydrogen) atoms. The average Bonchev–Trinajstić information content (AvgIpc) is 2.42. The summed E-state index contributed by atoms with van der Waals surface area (Å²) in [5, 5.41) is 6.24. The zero-order chi connectivity index (χ0) is 13.7. The second kappa shape index (κ2) is 6.57. The summed E-state index contributed by atoms with van der Waals surface area (Å²) < 4.78 is 5.37. The number of nitrogens with one attached hydrogen (secondary N) is 2. The minimum Gasteiger partial charge on any atom is -0.494 e. The fourth-order valence-electron chi connectivity index (χ4n) is 2.42. The van der Waals surface area contributed by atoms with Crippen molar-refractivity contribution < 1.29 is 9.53 Å². The van der Waals surface area contributed by atoms with Gasteiger partial charge in [0.15, 0.2) is 0 Å². The Balaban J connectivity index is 1.94. The number of carbonyl (C=O) groups is 1. The van der Waals surface area contributed by atoms with Gasteiger partial charge in [0.2, 0.25) is 5.91 Å². The summed E-state index contributed by atoms with van der Waals surface area (Å²) in [6.45, 7) is 5.64. The summed E-state index contributed by atoms with van der Waals surface area (Å²) in [6, 6.07) is 7.40. The highest BCUT2D eigenvalue weighted by atomic mass is 16.5. The lowest BCUT2D eigenvalue weighted by Crippen LogP contribution is -2.48. The fourth-order valence-corrected chi connectivity index (χ4v) is 2.42. The summed E-state index contributed by atoms with van der Waals surface area (Å²) >= 11 is 0. The first kappa shape index (κ1) is 13.9. The SMILES string of the molecule is CCOc1ccc(NC(=O)C2NCCCC2C)cc1. The van der Waals surface area contributed by atoms with Crippen molar-refractivity contribution in [3.05, 3.63) is 24.3 Å². The second-order valence-corrected chi connectivity index (χ2v) is 5.00. The predicted octanol–water partition coefficient (Wildman–Crippen LogP) is 2.41. The molecule has 1 fully saturated rings. The van der Waals surface area contributed by atoms with Crippen LogP contribution in [0, 0.1) is 5.92 Å². The first-order valence-corrected chi connectivity index (χ1v) is 6.98. The Morgan fingerprint density at radius 3 is 2.79 bits per heavy atom. The van der Waals surface area contributed by atoms with Crippen molar-refractivity contribution in [3.63, 3.8) is 0 Å². The van der Waals surface area contributed by atoms with Crippen LogP contribution in [0.15, 0.2) is 24.3 Å². The number of benzene rings is 1. The molecule has 0 aromatic heterocycles. The Kier molecular flexibility index (Phi) is 4.80. The second-order valence-electron chi connectivity index (χ2n) is 5.00. The topological polar surface area (TPSA) is 50.4 Å². The molecule has 4 nitrogen and oxygen atoms in total. The number of amides is 1. The third kappa shape index (κ3) is 3.70. The quantitative estimate of drug-likeness (QED) is 0.876. The Morgan fingerprint density at radius 1 is 1.42 bits per heavy atom. The maximum absolute atomic E-state index is 12.2. The van der Waals surface area contributed by atoms with E-state index in [4.69, 9.17) is 4.74 Å². The lowest BCUT2D eigenvalue weighted by molar-refractivity contribution is -0.119. The standard InChI is InChI=1S/C15H22N2O2/c1-3-19-13-8-6-12(7-9-13)17-15(18)14-11(2)5-4-10-16-14/h6-9,11,14,16H,3-5,10H2,1-2H3,(H,17,18). The molecular formula is C15H22N2O2. The Hall–Kier alpha value is -1.55. The molecule has 0 spiro atoms. The van der Waals surface area contributed by atoms with Crippen LogP contribution in [0.4, 0.5) is 5.69 Å². The first-order chi connectivity index (χ1) is 9.20. The molecule has 2 rings (SSSR count). The highest BCUT2D eigenvalue weighted by Crippen LogP contribution is 2.19. The van der Waals surface area contributed by atoms with Crippen LogP contribution in [0.2, 0.25) is 0 Å². The minimum atomic E-state index is -0.0830. The van der Waals surface area contributed by atoms with Crippen molar-refractivity contribution in [2.75, 3.05) is 18.5 Å². The zero-order valence-corrected chi connectivity index (χ0v) is 11.6. The minimum absolute atomic E-state index is 0.0522. The number of anilines is 1. The van der Waals surface area contributed by atoms with E-state index < -0.39 is 0 Å². The van der Waals surface area contributed by atoms with Crippen LogP contribution < -0.4 is 15.4 Å². The van der Waals surface area contributed by atoms with E-state index in [2.05, 4.69) is 17.6 Å². The number of ether oxygens (including phenoxy) is 1. The van der Waals surface area contributed by atoms with Gasteiger partial charge in [0, 0.05) is 5.69 Å². The summed E-state index contributed by atoms with van der Waals surface area (Å²) in [4.78, 5) is 12.2. The number of rotatable bonds is 4. The van der Waals surface area contributed by atoms with Crippen molar-refractivity contribution in [1.29, 1.82) is 0 Å². The van der Waals surface area contributed by atoms with Crippen LogP contribution in [0.1, 0.15) is 26.7 Å². The molecule has 1 amide bonds. The third-order valence-corrected chi connectivity index (χ3v) is 3.48. The van der Waals surface area contributed by atoms with Gasteiger partial charge in [-0.05, 0) is 56.5 Å². The highest BCUT2D eigenvalue weighted by Gasteiger charge is 2.27. The van der Waals surface area contributed by atoms with Crippen molar-refractivity contribution in [1.82, 2.24) is 5.32 Å². The van der Waals surface area contributed by atoms with E-state index in [0.717, 1.165) is 30.8 Å². The lowest BCUT2D eigenvalue weighted by Gasteiger charge is -2.28. The summed E-state index contributed by atoms with van der Waals surface area (Å²) in [6.07, 6.45) is 2.25. The van der Waals surface area contributed by atoms with Crippen LogP contribution in [0.5, 0.6) is 5.75 Å². The van der Waals surface area contributed by atoms with Gasteiger partial charge < -0.3 is 15.4 Å². The Bertz CT molecular complexity index is 417. The van der Waals surface area contributed by atoms with E-state index >= 15 is 0 Å². The van der Waals surface area contributed by atoms with Gasteiger partial charge in [-0.3, -0.25) is 4.79 Å². The molecule has 104 valence electrons. The molecule has 0 radical (unpaired) electrons. The third-order valence-electron chi connectivity index (χ3n) is 3.48. The molecule has 1 aliphatic rings. The number of hydrogen-bond donors (Lipinski definition) is 2. The average molecular weight is 262 g/mol. The van der Waals surface area contributed by atoms with E-state index in [1.165, 1.54) is 0 Å². The molecule has 1 saturated heterocycles. The van der Waals surface area contributed by atoms with Crippen LogP contribution in [0.25, 0.3) is 0 Å². The van der Waals surface area contributed by atoms with Crippen molar-refractivity contribution in [3.8, 4) is 5.75 Å². The van der Waals surface area contributed by atoms with Gasteiger partial charge in [-0.2, -0.15) is 0 Å². The van der Waals surface area contributed by atoms with Gasteiger partial charge in [-0.1, -0.05) is 6.92 Å². The largest absolute Gasteiger partial charge is 0.494 e. The molecule has 0 aliphatic carbocycles. The van der Waals surface area contributed by atoms with Crippen molar-refractivity contribution >= 4 is 11.6 Å². The number of carbonyl (C=O) groups excluding carboxylic acids is 1. The van der Waals surface area contributed by atoms with Gasteiger partial charge in [0.05, 0.1) is 12.6 Å². The zero-order valence-electron chi connectivity index (χ0n) is 11.6. The number of hydrogen-bond acceptors (Lipinski definition) is 3. The fraction of sp³-hybridized carbons (Fsp3) is 0.533. The molecule has 2 N–H and O–H groups in total. The molecule has 2 atom stereocenters. The van der Waals surface area contributed by atoms with E-state index in [9.17, 15) is 4.79 Å². The number of piperidine rings is 1.